The van der Waals surface area contributed by atoms with Crippen LogP contribution in [0, 0.1) is 0 Å². The minimum atomic E-state index is 0.518. The molecule has 0 N–H and O–H groups in total. The van der Waals surface area contributed by atoms with Crippen LogP contribution in [-0.4, -0.2) is 16.2 Å². The summed E-state index contributed by atoms with van der Waals surface area (Å²) >= 11 is 0. The fourth-order valence-electron chi connectivity index (χ4n) is 1.75. The summed E-state index contributed by atoms with van der Waals surface area (Å²) in [6, 6.07) is 10.0. The predicted octanol–water partition coefficient (Wildman–Crippen LogP) is 2.31. The van der Waals surface area contributed by atoms with Gasteiger partial charge in [-0.2, -0.15) is 0 Å². The molecule has 0 saturated carbocycles. The smallest absolute Gasteiger partial charge is 0.222 e. The lowest BCUT2D eigenvalue weighted by Crippen LogP contribution is -2.00. The quantitative estimate of drug-likeness (QED) is 0.805. The van der Waals surface area contributed by atoms with Gasteiger partial charge >= 0.3 is 0 Å². The maximum atomic E-state index is 5.70. The van der Waals surface area contributed by atoms with Crippen molar-refractivity contribution in [1.82, 2.24) is 9.97 Å². The Kier molecular flexibility index (Phi) is 2.54. The van der Waals surface area contributed by atoms with Crippen LogP contribution in [0.1, 0.15) is 11.1 Å². The van der Waals surface area contributed by atoms with Crippen LogP contribution < -0.4 is 4.74 Å². The number of ether oxygens (including phenoxy) is 1. The molecule has 1 aliphatic heterocycles. The Morgan fingerprint density at radius 2 is 2.00 bits per heavy atom. The molecule has 2 aromatic rings. The highest BCUT2D eigenvalue weighted by atomic mass is 16.5. The second-order valence-corrected chi connectivity index (χ2v) is 3.77. The topological polar surface area (TPSA) is 47.4 Å². The molecule has 0 radical (unpaired) electrons. The number of hydrogen-bond donors (Lipinski definition) is 0. The van der Waals surface area contributed by atoms with E-state index in [0.717, 1.165) is 23.4 Å². The fraction of sp³-hybridized carbons (Fsp3) is 0.154. The Labute approximate surface area is 99.0 Å². The number of aliphatic imine (C=N–C) groups is 1. The molecule has 0 saturated heterocycles. The van der Waals surface area contributed by atoms with Crippen molar-refractivity contribution in [3.05, 3.63) is 47.8 Å². The highest BCUT2D eigenvalue weighted by Gasteiger charge is 2.14. The largest absolute Gasteiger partial charge is 0.472 e. The summed E-state index contributed by atoms with van der Waals surface area (Å²) in [5, 5.41) is 0. The number of aromatic nitrogens is 2. The van der Waals surface area contributed by atoms with E-state index in [9.17, 15) is 0 Å². The Balaban J connectivity index is 1.77. The van der Waals surface area contributed by atoms with Crippen molar-refractivity contribution < 1.29 is 4.74 Å². The van der Waals surface area contributed by atoms with E-state index in [1.807, 2.05) is 36.5 Å². The standard InChI is InChI=1S/C13H11N3O/c1-2-4-10(5-3-1)8-17-13-11-6-7-14-12(11)15-9-16-13/h1-5,7,9H,6,8H2. The van der Waals surface area contributed by atoms with Gasteiger partial charge in [-0.1, -0.05) is 30.3 Å². The maximum Gasteiger partial charge on any atom is 0.222 e. The van der Waals surface area contributed by atoms with Gasteiger partial charge in [0.25, 0.3) is 0 Å². The number of hydrogen-bond acceptors (Lipinski definition) is 4. The molecule has 17 heavy (non-hydrogen) atoms. The van der Waals surface area contributed by atoms with Crippen molar-refractivity contribution in [1.29, 1.82) is 0 Å². The first-order valence-corrected chi connectivity index (χ1v) is 5.46. The zero-order valence-corrected chi connectivity index (χ0v) is 9.21. The summed E-state index contributed by atoms with van der Waals surface area (Å²) in [5.41, 5.74) is 2.10. The molecule has 0 amide bonds. The van der Waals surface area contributed by atoms with Crippen molar-refractivity contribution in [2.45, 2.75) is 13.0 Å². The van der Waals surface area contributed by atoms with Crippen molar-refractivity contribution in [2.24, 2.45) is 4.99 Å². The van der Waals surface area contributed by atoms with E-state index in [4.69, 9.17) is 4.74 Å². The van der Waals surface area contributed by atoms with E-state index in [1.165, 1.54) is 6.33 Å². The molecule has 0 aliphatic carbocycles. The van der Waals surface area contributed by atoms with Gasteiger partial charge in [-0.3, -0.25) is 0 Å². The molecule has 2 heterocycles. The second kappa shape index (κ2) is 4.33. The van der Waals surface area contributed by atoms with Crippen LogP contribution in [0.3, 0.4) is 0 Å². The lowest BCUT2D eigenvalue weighted by atomic mass is 10.2. The number of nitrogens with zero attached hydrogens (tertiary/aromatic N) is 3. The average Bonchev–Trinajstić information content (AvgIpc) is 2.86. The van der Waals surface area contributed by atoms with Gasteiger partial charge in [0, 0.05) is 12.6 Å². The number of fused-ring (bicyclic) bond motifs is 1. The van der Waals surface area contributed by atoms with Gasteiger partial charge < -0.3 is 4.74 Å². The normalized spacial score (nSPS) is 12.5. The second-order valence-electron chi connectivity index (χ2n) is 3.77. The highest BCUT2D eigenvalue weighted by molar-refractivity contribution is 5.75. The van der Waals surface area contributed by atoms with Crippen molar-refractivity contribution in [3.8, 4) is 5.88 Å². The Bertz CT molecular complexity index is 552. The van der Waals surface area contributed by atoms with Crippen molar-refractivity contribution >= 4 is 12.0 Å². The van der Waals surface area contributed by atoms with Crippen LogP contribution in [-0.2, 0) is 13.0 Å². The lowest BCUT2D eigenvalue weighted by molar-refractivity contribution is 0.291. The molecular weight excluding hydrogens is 214 g/mol. The fourth-order valence-corrected chi connectivity index (χ4v) is 1.75. The predicted molar refractivity (Wildman–Crippen MR) is 64.7 cm³/mol. The minimum absolute atomic E-state index is 0.518. The summed E-state index contributed by atoms with van der Waals surface area (Å²) in [6.07, 6.45) is 4.07. The Morgan fingerprint density at radius 1 is 1.12 bits per heavy atom. The highest BCUT2D eigenvalue weighted by Crippen LogP contribution is 2.28. The zero-order valence-electron chi connectivity index (χ0n) is 9.21. The molecule has 84 valence electrons. The first-order valence-electron chi connectivity index (χ1n) is 5.46. The van der Waals surface area contributed by atoms with E-state index in [-0.39, 0.29) is 0 Å². The van der Waals surface area contributed by atoms with Gasteiger partial charge in [-0.25, -0.2) is 15.0 Å². The summed E-state index contributed by atoms with van der Waals surface area (Å²) in [4.78, 5) is 12.4. The van der Waals surface area contributed by atoms with Crippen LogP contribution in [0.5, 0.6) is 5.88 Å². The monoisotopic (exact) mass is 225 g/mol. The first-order chi connectivity index (χ1) is 8.43. The summed E-state index contributed by atoms with van der Waals surface area (Å²) < 4.78 is 5.70. The van der Waals surface area contributed by atoms with Gasteiger partial charge in [0.2, 0.25) is 5.88 Å². The van der Waals surface area contributed by atoms with Gasteiger partial charge in [-0.05, 0) is 5.56 Å². The summed E-state index contributed by atoms with van der Waals surface area (Å²) in [6.45, 7) is 0.518. The molecule has 0 spiro atoms. The summed E-state index contributed by atoms with van der Waals surface area (Å²) in [7, 11) is 0. The molecule has 1 aliphatic rings. The molecular formula is C13H11N3O. The SMILES string of the molecule is C1=Nc2ncnc(OCc3ccccc3)c2C1. The van der Waals surface area contributed by atoms with Crippen LogP contribution >= 0.6 is 0 Å². The molecule has 0 atom stereocenters. The molecule has 4 nitrogen and oxygen atoms in total. The average molecular weight is 225 g/mol. The number of rotatable bonds is 3. The first kappa shape index (κ1) is 9.96. The molecule has 1 aromatic heterocycles. The van der Waals surface area contributed by atoms with Crippen LogP contribution in [0.2, 0.25) is 0 Å². The van der Waals surface area contributed by atoms with Crippen LogP contribution in [0.25, 0.3) is 0 Å². The molecule has 0 unspecified atom stereocenters. The maximum absolute atomic E-state index is 5.70. The van der Waals surface area contributed by atoms with E-state index < -0.39 is 0 Å². The molecule has 1 aromatic carbocycles. The molecule has 3 rings (SSSR count). The van der Waals surface area contributed by atoms with Crippen LogP contribution in [0.4, 0.5) is 5.82 Å². The Hall–Kier alpha value is -2.23. The van der Waals surface area contributed by atoms with E-state index in [2.05, 4.69) is 15.0 Å². The van der Waals surface area contributed by atoms with Gasteiger partial charge in [-0.15, -0.1) is 0 Å². The third-order valence-electron chi connectivity index (χ3n) is 2.61. The number of benzene rings is 1. The van der Waals surface area contributed by atoms with Gasteiger partial charge in [0.05, 0.1) is 5.56 Å². The molecule has 0 fully saturated rings. The van der Waals surface area contributed by atoms with Crippen LogP contribution in [0.15, 0.2) is 41.7 Å². The van der Waals surface area contributed by atoms with Crippen molar-refractivity contribution in [2.75, 3.05) is 0 Å². The Morgan fingerprint density at radius 3 is 2.88 bits per heavy atom. The third-order valence-corrected chi connectivity index (χ3v) is 2.61. The van der Waals surface area contributed by atoms with E-state index in [1.54, 1.807) is 0 Å². The molecule has 0 bridgehead atoms. The molecule has 4 heteroatoms. The zero-order chi connectivity index (χ0) is 11.5. The minimum Gasteiger partial charge on any atom is -0.472 e. The summed E-state index contributed by atoms with van der Waals surface area (Å²) in [5.74, 6) is 1.36. The van der Waals surface area contributed by atoms with E-state index >= 15 is 0 Å². The third kappa shape index (κ3) is 2.01. The lowest BCUT2D eigenvalue weighted by Gasteiger charge is -2.07. The van der Waals surface area contributed by atoms with Gasteiger partial charge in [0.1, 0.15) is 12.9 Å². The van der Waals surface area contributed by atoms with Crippen molar-refractivity contribution in [3.63, 3.8) is 0 Å². The van der Waals surface area contributed by atoms with Gasteiger partial charge in [0.15, 0.2) is 5.82 Å². The van der Waals surface area contributed by atoms with E-state index in [0.29, 0.717) is 12.5 Å².